The average Bonchev–Trinajstić information content (AvgIpc) is 3.50. The zero-order chi connectivity index (χ0) is 64.1. The fourth-order valence-electron chi connectivity index (χ4n) is 7.05. The predicted octanol–water partition coefficient (Wildman–Crippen LogP) is 20.9. The number of halogens is 6. The van der Waals surface area contributed by atoms with Gasteiger partial charge in [-0.2, -0.15) is 0 Å². The second kappa shape index (κ2) is 51.9. The van der Waals surface area contributed by atoms with Crippen molar-refractivity contribution in [3.05, 3.63) is 142 Å². The molecular weight excluding hydrogens is 1720 g/mol. The van der Waals surface area contributed by atoms with Crippen molar-refractivity contribution in [3.8, 4) is 34.8 Å². The number of thiol groups is 1. The molecule has 0 aromatic heterocycles. The molecule has 0 bridgehead atoms. The van der Waals surface area contributed by atoms with Gasteiger partial charge in [-0.15, -0.1) is 5.92 Å². The van der Waals surface area contributed by atoms with Crippen LogP contribution in [0.2, 0.25) is 18.1 Å². The molecule has 4 rings (SSSR count). The number of unbranched alkanes of at least 4 members (excludes halogenated alkanes) is 1. The van der Waals surface area contributed by atoms with Crippen LogP contribution in [0.1, 0.15) is 161 Å². The van der Waals surface area contributed by atoms with Crippen molar-refractivity contribution in [1.29, 1.82) is 0 Å². The van der Waals surface area contributed by atoms with E-state index in [0.29, 0.717) is 49.6 Å². The monoisotopic (exact) mass is 1820 g/mol. The van der Waals surface area contributed by atoms with Crippen molar-refractivity contribution < 1.29 is 39.1 Å². The molecule has 18 heteroatoms. The summed E-state index contributed by atoms with van der Waals surface area (Å²) >= 11 is 18.1. The molecule has 469 valence electrons. The molecule has 4 aromatic rings. The fraction of sp³-hybridized carbons (Fsp3) is 0.515. The first kappa shape index (κ1) is 85.3. The zero-order valence-electron chi connectivity index (χ0n) is 52.2. The number of ether oxygens (including phenoxy) is 3. The van der Waals surface area contributed by atoms with E-state index in [1.807, 2.05) is 48.5 Å². The summed E-state index contributed by atoms with van der Waals surface area (Å²) in [5.74, 6) is 8.85. The summed E-state index contributed by atoms with van der Waals surface area (Å²) in [5.41, 5.74) is 5.97. The Labute approximate surface area is 593 Å². The van der Waals surface area contributed by atoms with Crippen molar-refractivity contribution in [2.75, 3.05) is 25.2 Å². The van der Waals surface area contributed by atoms with E-state index >= 15 is 0 Å². The summed E-state index contributed by atoms with van der Waals surface area (Å²) in [7, 11) is 2.36. The van der Waals surface area contributed by atoms with E-state index in [4.69, 9.17) is 28.8 Å². The molecule has 0 atom stereocenters. The van der Waals surface area contributed by atoms with Crippen LogP contribution in [0.15, 0.2) is 106 Å². The Morgan fingerprint density at radius 1 is 0.667 bits per heavy atom. The molecule has 4 aromatic carbocycles. The number of phenols is 1. The number of aromatic hydroxyl groups is 1. The normalized spacial score (nSPS) is 11.4. The Morgan fingerprint density at radius 3 is 1.50 bits per heavy atom. The molecule has 9 nitrogen and oxygen atoms in total. The van der Waals surface area contributed by atoms with Gasteiger partial charge in [0.15, 0.2) is 8.32 Å². The summed E-state index contributed by atoms with van der Waals surface area (Å²) in [6, 6.07) is 24.4. The molecule has 0 aliphatic heterocycles. The molecule has 0 aliphatic carbocycles. The Bertz CT molecular complexity index is 2540. The van der Waals surface area contributed by atoms with E-state index in [1.165, 1.54) is 29.1 Å². The number of benzene rings is 4. The van der Waals surface area contributed by atoms with Gasteiger partial charge in [0.2, 0.25) is 0 Å². The average molecular weight is 1820 g/mol. The topological polar surface area (TPSA) is 130 Å². The van der Waals surface area contributed by atoms with Crippen LogP contribution in [0.25, 0.3) is 0 Å². The molecule has 0 unspecified atom stereocenters. The summed E-state index contributed by atoms with van der Waals surface area (Å²) in [5, 5.41) is 37.4. The number of rotatable bonds is 26. The van der Waals surface area contributed by atoms with E-state index in [2.05, 4.69) is 297 Å². The number of aliphatic hydroxyl groups is 3. The van der Waals surface area contributed by atoms with Crippen molar-refractivity contribution in [2.45, 2.75) is 185 Å². The van der Waals surface area contributed by atoms with Gasteiger partial charge < -0.3 is 39.1 Å². The standard InChI is InChI=1S/C30H44I2O3Si.C18H21IO3.C6H10BrI.C6H11IO.C6H10O.BHNS/c1-9-13-25(31)16-17-33-29-26(21-35-36(7,8)30(4,5)6)28(24(18-22(2)3)19-27(29)32)34-20-23-14-11-10-12-15-23;1-12(2)8-14-9-16(19)17(21)15(10-20)18(14)22-11-13-6-4-3-5-7-13;1-2-3-6(8)4-5-7;1-2-3-6(7)4-5-8;1-2-3-4-5-6-7;1-2-3/h10-12,14-16,19,22H,9,13,17-18,20-21H2,1-8H3;3-7,9,12,20-21H,8,10-11H2,1-2H3;4H,2-3,5H2,1H3;4,8H,2-3,5H2,1H3;7H,2-3,6H2,1H3;3H/b25-16+;;2*6-4+;;. The van der Waals surface area contributed by atoms with Crippen molar-refractivity contribution in [2.24, 2.45) is 16.1 Å². The molecular formula is C66H97BBrI5NO8SSi. The Morgan fingerprint density at radius 2 is 1.11 bits per heavy atom. The van der Waals surface area contributed by atoms with Gasteiger partial charge >= 0.3 is 24.8 Å². The minimum absolute atomic E-state index is 0. The summed E-state index contributed by atoms with van der Waals surface area (Å²) in [6.07, 6.45) is 17.0. The first-order chi connectivity index (χ1) is 39.8. The zero-order valence-corrected chi connectivity index (χ0v) is 66.5. The maximum atomic E-state index is 10.2. The molecule has 4 N–H and O–H groups in total. The van der Waals surface area contributed by atoms with Gasteiger partial charge in [-0.3, -0.25) is 0 Å². The second-order valence-electron chi connectivity index (χ2n) is 21.5. The van der Waals surface area contributed by atoms with Crippen LogP contribution in [0.5, 0.6) is 23.0 Å². The number of alkyl halides is 1. The summed E-state index contributed by atoms with van der Waals surface area (Å²) in [4.78, 5) is 0. The van der Waals surface area contributed by atoms with Gasteiger partial charge in [0.1, 0.15) is 49.4 Å². The van der Waals surface area contributed by atoms with Gasteiger partial charge in [0.25, 0.3) is 0 Å². The van der Waals surface area contributed by atoms with E-state index in [9.17, 15) is 10.2 Å². The number of allylic oxidation sites excluding steroid dienone is 4. The number of hydrogen-bond donors (Lipinski definition) is 5. The van der Waals surface area contributed by atoms with Crippen LogP contribution >= 0.6 is 142 Å². The van der Waals surface area contributed by atoms with Crippen molar-refractivity contribution in [3.63, 3.8) is 0 Å². The van der Waals surface area contributed by atoms with Crippen molar-refractivity contribution >= 4 is 158 Å². The van der Waals surface area contributed by atoms with Gasteiger partial charge in [-0.1, -0.05) is 184 Å². The Balaban J connectivity index is 0. The number of aliphatic hydroxyl groups excluding tert-OH is 3. The third-order valence-corrected chi connectivity index (χ3v) is 21.5. The van der Waals surface area contributed by atoms with Gasteiger partial charge in [0, 0.05) is 11.8 Å². The molecule has 0 saturated carbocycles. The maximum absolute atomic E-state index is 10.2. The van der Waals surface area contributed by atoms with E-state index in [-0.39, 0.29) is 30.6 Å². The third kappa shape index (κ3) is 39.4. The molecule has 0 saturated heterocycles. The van der Waals surface area contributed by atoms with E-state index in [0.717, 1.165) is 97.6 Å². The SMILES string of the molecule is CC(C)Cc1cc(I)c(O)c(CO)c1OCc1ccccc1.CCC/C(I)=C\CBr.CCC/C(I)=C\CO.CCC/C(I)=C\COc1c(I)cc(CC(C)C)c(OCc2ccccc2)c1CO[Si](C)(C)C(C)(C)C.CCCC#CCO.[B]=NS. The fourth-order valence-corrected chi connectivity index (χ4v) is 12.8. The number of hydrogen-bond acceptors (Lipinski definition) is 10. The van der Waals surface area contributed by atoms with Gasteiger partial charge in [-0.25, -0.2) is 0 Å². The van der Waals surface area contributed by atoms with E-state index < -0.39 is 8.32 Å². The Hall–Kier alpha value is -0.738. The van der Waals surface area contributed by atoms with Gasteiger partial charge in [-0.05, 0) is 239 Å². The molecule has 0 aliphatic rings. The first-order valence-corrected chi connectivity index (χ1v) is 38.5. The van der Waals surface area contributed by atoms with Crippen LogP contribution < -0.4 is 14.2 Å². The summed E-state index contributed by atoms with van der Waals surface area (Å²) in [6.45, 7) is 30.7. The quantitative estimate of drug-likeness (QED) is 0.0138. The van der Waals surface area contributed by atoms with Gasteiger partial charge in [0.05, 0.1) is 38.1 Å². The van der Waals surface area contributed by atoms with Crippen LogP contribution in [0.3, 0.4) is 0 Å². The third-order valence-electron chi connectivity index (χ3n) is 12.2. The predicted molar refractivity (Wildman–Crippen MR) is 411 cm³/mol. The summed E-state index contributed by atoms with van der Waals surface area (Å²) < 4.78 is 34.4. The number of nitrogens with zero attached hydrogens (tertiary/aromatic N) is 1. The van der Waals surface area contributed by atoms with Crippen LogP contribution in [0, 0.1) is 30.8 Å². The van der Waals surface area contributed by atoms with Crippen LogP contribution in [0.4, 0.5) is 0 Å². The molecule has 0 fully saturated rings. The molecule has 0 spiro atoms. The molecule has 1 radical (unpaired) electrons. The molecule has 84 heavy (non-hydrogen) atoms. The molecule has 0 heterocycles. The first-order valence-electron chi connectivity index (χ1n) is 28.7. The Kier molecular flexibility index (Phi) is 52.8. The van der Waals surface area contributed by atoms with Crippen LogP contribution in [-0.2, 0) is 43.7 Å². The molecule has 0 amide bonds. The van der Waals surface area contributed by atoms with E-state index in [1.54, 1.807) is 0 Å². The minimum atomic E-state index is -1.97. The van der Waals surface area contributed by atoms with Crippen LogP contribution in [-0.4, -0.2) is 61.5 Å². The van der Waals surface area contributed by atoms with Crippen molar-refractivity contribution in [1.82, 2.24) is 0 Å². The second-order valence-corrected chi connectivity index (χ2v) is 33.7.